The van der Waals surface area contributed by atoms with E-state index in [2.05, 4.69) is 4.98 Å². The zero-order chi connectivity index (χ0) is 10.1. The second kappa shape index (κ2) is 3.56. The van der Waals surface area contributed by atoms with Gasteiger partial charge in [-0.3, -0.25) is 4.98 Å². The maximum atomic E-state index is 5.90. The number of hydrogen-bond acceptors (Lipinski definition) is 2. The lowest BCUT2D eigenvalue weighted by Gasteiger charge is -2.05. The van der Waals surface area contributed by atoms with Crippen LogP contribution in [0.25, 0.3) is 10.9 Å². The third kappa shape index (κ3) is 1.59. The molecule has 0 amide bonds. The van der Waals surface area contributed by atoms with Crippen molar-refractivity contribution >= 4 is 22.5 Å². The van der Waals surface area contributed by atoms with E-state index in [1.807, 2.05) is 31.2 Å². The van der Waals surface area contributed by atoms with E-state index < -0.39 is 0 Å². The first-order valence-electron chi connectivity index (χ1n) is 4.46. The minimum Gasteiger partial charge on any atom is -0.326 e. The molecule has 3 heteroatoms. The Bertz CT molecular complexity index is 475. The van der Waals surface area contributed by atoms with E-state index in [0.29, 0.717) is 11.6 Å². The number of aromatic nitrogens is 1. The van der Waals surface area contributed by atoms with Gasteiger partial charge in [-0.2, -0.15) is 0 Å². The fourth-order valence-electron chi connectivity index (χ4n) is 1.59. The molecule has 0 aliphatic carbocycles. The quantitative estimate of drug-likeness (QED) is 0.779. The van der Waals surface area contributed by atoms with E-state index in [0.717, 1.165) is 22.2 Å². The standard InChI is InChI=1S/C11H11ClN2/c1-7-4-8(6-13)10-3-2-9(12)5-11(10)14-7/h2-5H,6,13H2,1H3. The summed E-state index contributed by atoms with van der Waals surface area (Å²) in [5.74, 6) is 0. The zero-order valence-corrected chi connectivity index (χ0v) is 8.67. The Hall–Kier alpha value is -1.12. The van der Waals surface area contributed by atoms with Crippen LogP contribution in [-0.4, -0.2) is 4.98 Å². The van der Waals surface area contributed by atoms with Crippen molar-refractivity contribution in [1.82, 2.24) is 4.98 Å². The molecule has 1 heterocycles. The second-order valence-electron chi connectivity index (χ2n) is 3.29. The summed E-state index contributed by atoms with van der Waals surface area (Å²) >= 11 is 5.90. The number of nitrogens with zero attached hydrogens (tertiary/aromatic N) is 1. The molecule has 0 atom stereocenters. The van der Waals surface area contributed by atoms with Crippen molar-refractivity contribution in [2.24, 2.45) is 5.73 Å². The van der Waals surface area contributed by atoms with Crippen molar-refractivity contribution in [3.8, 4) is 0 Å². The van der Waals surface area contributed by atoms with Gasteiger partial charge in [-0.05, 0) is 30.7 Å². The summed E-state index contributed by atoms with van der Waals surface area (Å²) in [5.41, 5.74) is 8.66. The van der Waals surface area contributed by atoms with Crippen LogP contribution in [0.1, 0.15) is 11.3 Å². The lowest BCUT2D eigenvalue weighted by molar-refractivity contribution is 1.07. The number of rotatable bonds is 1. The summed E-state index contributed by atoms with van der Waals surface area (Å²) in [5, 5.41) is 1.79. The molecular formula is C11H11ClN2. The molecule has 2 N–H and O–H groups in total. The average molecular weight is 207 g/mol. The van der Waals surface area contributed by atoms with Crippen LogP contribution in [0.15, 0.2) is 24.3 Å². The Morgan fingerprint density at radius 1 is 1.36 bits per heavy atom. The summed E-state index contributed by atoms with van der Waals surface area (Å²) in [7, 11) is 0. The molecule has 0 aliphatic heterocycles. The number of fused-ring (bicyclic) bond motifs is 1. The van der Waals surface area contributed by atoms with Gasteiger partial charge < -0.3 is 5.73 Å². The van der Waals surface area contributed by atoms with Crippen molar-refractivity contribution in [3.63, 3.8) is 0 Å². The van der Waals surface area contributed by atoms with Crippen molar-refractivity contribution < 1.29 is 0 Å². The van der Waals surface area contributed by atoms with Crippen molar-refractivity contribution in [2.45, 2.75) is 13.5 Å². The van der Waals surface area contributed by atoms with E-state index in [-0.39, 0.29) is 0 Å². The predicted molar refractivity (Wildman–Crippen MR) is 59.4 cm³/mol. The van der Waals surface area contributed by atoms with Gasteiger partial charge >= 0.3 is 0 Å². The van der Waals surface area contributed by atoms with Gasteiger partial charge in [0.15, 0.2) is 0 Å². The highest BCUT2D eigenvalue weighted by Gasteiger charge is 2.02. The molecule has 0 fully saturated rings. The van der Waals surface area contributed by atoms with Crippen LogP contribution in [0.2, 0.25) is 5.02 Å². The number of benzene rings is 1. The molecule has 2 nitrogen and oxygen atoms in total. The minimum atomic E-state index is 0.529. The smallest absolute Gasteiger partial charge is 0.0723 e. The SMILES string of the molecule is Cc1cc(CN)c2ccc(Cl)cc2n1. The van der Waals surface area contributed by atoms with E-state index in [9.17, 15) is 0 Å². The molecule has 0 radical (unpaired) electrons. The van der Waals surface area contributed by atoms with Crippen molar-refractivity contribution in [3.05, 3.63) is 40.5 Å². The zero-order valence-electron chi connectivity index (χ0n) is 7.92. The highest BCUT2D eigenvalue weighted by atomic mass is 35.5. The van der Waals surface area contributed by atoms with Gasteiger partial charge in [0.25, 0.3) is 0 Å². The maximum absolute atomic E-state index is 5.90. The minimum absolute atomic E-state index is 0.529. The molecule has 14 heavy (non-hydrogen) atoms. The molecule has 2 rings (SSSR count). The number of hydrogen-bond donors (Lipinski definition) is 1. The number of halogens is 1. The van der Waals surface area contributed by atoms with Crippen molar-refractivity contribution in [2.75, 3.05) is 0 Å². The normalized spacial score (nSPS) is 10.8. The third-order valence-corrected chi connectivity index (χ3v) is 2.44. The molecule has 2 aromatic rings. The molecule has 0 unspecified atom stereocenters. The first kappa shape index (κ1) is 9.44. The van der Waals surface area contributed by atoms with Crippen LogP contribution in [-0.2, 0) is 6.54 Å². The largest absolute Gasteiger partial charge is 0.326 e. The molecule has 0 spiro atoms. The van der Waals surface area contributed by atoms with Gasteiger partial charge in [-0.15, -0.1) is 0 Å². The van der Waals surface area contributed by atoms with E-state index in [1.165, 1.54) is 0 Å². The van der Waals surface area contributed by atoms with Gasteiger partial charge in [0.1, 0.15) is 0 Å². The van der Waals surface area contributed by atoms with Gasteiger partial charge in [-0.25, -0.2) is 0 Å². The van der Waals surface area contributed by atoms with Gasteiger partial charge in [0, 0.05) is 22.6 Å². The molecule has 1 aromatic heterocycles. The molecule has 0 bridgehead atoms. The maximum Gasteiger partial charge on any atom is 0.0723 e. The topological polar surface area (TPSA) is 38.9 Å². The summed E-state index contributed by atoms with van der Waals surface area (Å²) in [6, 6.07) is 7.70. The highest BCUT2D eigenvalue weighted by molar-refractivity contribution is 6.31. The van der Waals surface area contributed by atoms with Crippen LogP contribution >= 0.6 is 11.6 Å². The lowest BCUT2D eigenvalue weighted by atomic mass is 10.1. The molecule has 0 aliphatic rings. The summed E-state index contributed by atoms with van der Waals surface area (Å²) in [4.78, 5) is 4.41. The monoisotopic (exact) mass is 206 g/mol. The van der Waals surface area contributed by atoms with E-state index in [4.69, 9.17) is 17.3 Å². The Balaban J connectivity index is 2.81. The fraction of sp³-hybridized carbons (Fsp3) is 0.182. The predicted octanol–water partition coefficient (Wildman–Crippen LogP) is 2.66. The van der Waals surface area contributed by atoms with Crippen LogP contribution in [0.5, 0.6) is 0 Å². The molecule has 0 saturated carbocycles. The van der Waals surface area contributed by atoms with Gasteiger partial charge in [0.05, 0.1) is 5.52 Å². The summed E-state index contributed by atoms with van der Waals surface area (Å²) in [6.07, 6.45) is 0. The first-order chi connectivity index (χ1) is 6.70. The summed E-state index contributed by atoms with van der Waals surface area (Å²) in [6.45, 7) is 2.49. The second-order valence-corrected chi connectivity index (χ2v) is 3.72. The number of nitrogens with two attached hydrogens (primary N) is 1. The molecule has 1 aromatic carbocycles. The van der Waals surface area contributed by atoms with Crippen LogP contribution < -0.4 is 5.73 Å². The van der Waals surface area contributed by atoms with Crippen molar-refractivity contribution in [1.29, 1.82) is 0 Å². The highest BCUT2D eigenvalue weighted by Crippen LogP contribution is 2.21. The average Bonchev–Trinajstić information content (AvgIpc) is 2.15. The lowest BCUT2D eigenvalue weighted by Crippen LogP contribution is -1.99. The van der Waals surface area contributed by atoms with Crippen LogP contribution in [0.3, 0.4) is 0 Å². The van der Waals surface area contributed by atoms with Gasteiger partial charge in [-0.1, -0.05) is 17.7 Å². The van der Waals surface area contributed by atoms with E-state index >= 15 is 0 Å². The third-order valence-electron chi connectivity index (χ3n) is 2.21. The van der Waals surface area contributed by atoms with Crippen LogP contribution in [0.4, 0.5) is 0 Å². The first-order valence-corrected chi connectivity index (χ1v) is 4.84. The number of pyridine rings is 1. The Kier molecular flexibility index (Phi) is 2.40. The van der Waals surface area contributed by atoms with Gasteiger partial charge in [0.2, 0.25) is 0 Å². The molecule has 72 valence electrons. The van der Waals surface area contributed by atoms with Crippen LogP contribution in [0, 0.1) is 6.92 Å². The Morgan fingerprint density at radius 3 is 2.86 bits per heavy atom. The number of aryl methyl sites for hydroxylation is 1. The molecule has 0 saturated heterocycles. The molecular weight excluding hydrogens is 196 g/mol. The van der Waals surface area contributed by atoms with E-state index in [1.54, 1.807) is 0 Å². The Labute approximate surface area is 87.7 Å². The fourth-order valence-corrected chi connectivity index (χ4v) is 1.76. The Morgan fingerprint density at radius 2 is 2.14 bits per heavy atom. The summed E-state index contributed by atoms with van der Waals surface area (Å²) < 4.78 is 0.